The number of aliphatic hydroxyl groups is 1. The lowest BCUT2D eigenvalue weighted by Gasteiger charge is -2.06. The molecule has 0 aromatic carbocycles. The normalized spacial score (nSPS) is 19.9. The highest BCUT2D eigenvalue weighted by atomic mass is 16.5. The molecule has 0 radical (unpaired) electrons. The van der Waals surface area contributed by atoms with Gasteiger partial charge in [-0.25, -0.2) is 0 Å². The molecule has 4 nitrogen and oxygen atoms in total. The van der Waals surface area contributed by atoms with Gasteiger partial charge in [-0.3, -0.25) is 0 Å². The fourth-order valence-electron chi connectivity index (χ4n) is 2.50. The zero-order valence-electron chi connectivity index (χ0n) is 9.67. The van der Waals surface area contributed by atoms with Crippen molar-refractivity contribution >= 4 is 0 Å². The molecule has 2 heterocycles. The van der Waals surface area contributed by atoms with Crippen LogP contribution in [0.4, 0.5) is 0 Å². The average molecular weight is 232 g/mol. The molecule has 1 aliphatic carbocycles. The van der Waals surface area contributed by atoms with Crippen LogP contribution in [0.3, 0.4) is 0 Å². The molecule has 3 rings (SSSR count). The quantitative estimate of drug-likeness (QED) is 0.808. The largest absolute Gasteiger partial charge is 0.388 e. The van der Waals surface area contributed by atoms with E-state index in [1.807, 2.05) is 0 Å². The number of aliphatic hydroxyl groups excluding tert-OH is 1. The van der Waals surface area contributed by atoms with Gasteiger partial charge in [-0.1, -0.05) is 11.6 Å². The smallest absolute Gasteiger partial charge is 0.128 e. The van der Waals surface area contributed by atoms with Crippen LogP contribution in [-0.4, -0.2) is 14.8 Å². The van der Waals surface area contributed by atoms with E-state index >= 15 is 0 Å². The van der Waals surface area contributed by atoms with Crippen molar-refractivity contribution in [2.45, 2.75) is 38.3 Å². The number of aromatic nitrogens is 2. The summed E-state index contributed by atoms with van der Waals surface area (Å²) in [6.45, 7) is 0.753. The van der Waals surface area contributed by atoms with Crippen molar-refractivity contribution < 1.29 is 9.63 Å². The number of aryl methyl sites for hydroxylation is 1. The maximum absolute atomic E-state index is 10.0. The van der Waals surface area contributed by atoms with Gasteiger partial charge >= 0.3 is 0 Å². The summed E-state index contributed by atoms with van der Waals surface area (Å²) in [4.78, 5) is 0. The maximum Gasteiger partial charge on any atom is 0.128 e. The lowest BCUT2D eigenvalue weighted by Crippen LogP contribution is -1.97. The maximum atomic E-state index is 10.0. The second-order valence-electron chi connectivity index (χ2n) is 4.71. The Morgan fingerprint density at radius 3 is 3.18 bits per heavy atom. The Labute approximate surface area is 99.9 Å². The molecule has 0 aliphatic heterocycles. The van der Waals surface area contributed by atoms with E-state index in [1.165, 1.54) is 12.0 Å². The zero-order chi connectivity index (χ0) is 11.7. The molecule has 0 amide bonds. The van der Waals surface area contributed by atoms with Crippen LogP contribution in [0.2, 0.25) is 0 Å². The molecule has 1 atom stereocenters. The van der Waals surface area contributed by atoms with E-state index in [0.29, 0.717) is 0 Å². The molecule has 0 saturated carbocycles. The average Bonchev–Trinajstić information content (AvgIpc) is 2.92. The van der Waals surface area contributed by atoms with Gasteiger partial charge < -0.3 is 14.2 Å². The van der Waals surface area contributed by atoms with Crippen LogP contribution in [0.15, 0.2) is 29.4 Å². The van der Waals surface area contributed by atoms with Crippen molar-refractivity contribution in [3.63, 3.8) is 0 Å². The van der Waals surface area contributed by atoms with Crippen molar-refractivity contribution in [3.05, 3.63) is 41.5 Å². The van der Waals surface area contributed by atoms with Crippen LogP contribution in [0.1, 0.15) is 42.1 Å². The van der Waals surface area contributed by atoms with E-state index in [0.717, 1.165) is 36.9 Å². The monoisotopic (exact) mass is 232 g/mol. The van der Waals surface area contributed by atoms with E-state index in [1.54, 1.807) is 12.5 Å². The van der Waals surface area contributed by atoms with Crippen molar-refractivity contribution in [1.29, 1.82) is 0 Å². The summed E-state index contributed by atoms with van der Waals surface area (Å²) < 4.78 is 6.92. The highest BCUT2D eigenvalue weighted by molar-refractivity contribution is 5.28. The van der Waals surface area contributed by atoms with E-state index < -0.39 is 0 Å². The highest BCUT2D eigenvalue weighted by Gasteiger charge is 2.18. The summed E-state index contributed by atoms with van der Waals surface area (Å²) in [7, 11) is 0. The summed E-state index contributed by atoms with van der Waals surface area (Å²) in [5.41, 5.74) is 3.43. The molecule has 4 heteroatoms. The lowest BCUT2D eigenvalue weighted by atomic mass is 10.1. The molecule has 0 spiro atoms. The first-order chi connectivity index (χ1) is 8.33. The molecule has 17 heavy (non-hydrogen) atoms. The van der Waals surface area contributed by atoms with Crippen LogP contribution < -0.4 is 0 Å². The van der Waals surface area contributed by atoms with Gasteiger partial charge in [-0.05, 0) is 24.8 Å². The molecule has 90 valence electrons. The van der Waals surface area contributed by atoms with Crippen molar-refractivity contribution in [2.75, 3.05) is 0 Å². The molecule has 0 bridgehead atoms. The van der Waals surface area contributed by atoms with Crippen LogP contribution in [-0.2, 0) is 13.0 Å². The molecule has 2 aromatic rings. The zero-order valence-corrected chi connectivity index (χ0v) is 9.67. The molecule has 2 aromatic heterocycles. The Morgan fingerprint density at radius 1 is 1.41 bits per heavy atom. The second kappa shape index (κ2) is 4.37. The molecular formula is C13H16N2O2. The summed E-state index contributed by atoms with van der Waals surface area (Å²) >= 11 is 0. The van der Waals surface area contributed by atoms with Crippen LogP contribution in [0, 0.1) is 0 Å². The Bertz CT molecular complexity index is 487. The Balaban J connectivity index is 1.86. The van der Waals surface area contributed by atoms with Crippen LogP contribution >= 0.6 is 0 Å². The fourth-order valence-corrected chi connectivity index (χ4v) is 2.50. The molecule has 0 saturated heterocycles. The predicted octanol–water partition coefficient (Wildman–Crippen LogP) is 2.28. The second-order valence-corrected chi connectivity index (χ2v) is 4.71. The number of fused-ring (bicyclic) bond motifs is 1. The third kappa shape index (κ3) is 2.13. The van der Waals surface area contributed by atoms with E-state index in [9.17, 15) is 5.11 Å². The van der Waals surface area contributed by atoms with Gasteiger partial charge in [0, 0.05) is 23.5 Å². The van der Waals surface area contributed by atoms with Crippen molar-refractivity contribution in [1.82, 2.24) is 9.72 Å². The molecule has 1 N–H and O–H groups in total. The summed E-state index contributed by atoms with van der Waals surface area (Å²) in [5, 5.41) is 13.7. The third-order valence-corrected chi connectivity index (χ3v) is 3.38. The first-order valence-corrected chi connectivity index (χ1v) is 6.08. The number of hydrogen-bond donors (Lipinski definition) is 1. The summed E-state index contributed by atoms with van der Waals surface area (Å²) in [5.74, 6) is 0. The number of hydrogen-bond acceptors (Lipinski definition) is 3. The number of nitrogens with zero attached hydrogens (tertiary/aromatic N) is 2. The highest BCUT2D eigenvalue weighted by Crippen LogP contribution is 2.29. The summed E-state index contributed by atoms with van der Waals surface area (Å²) in [6, 6.07) is 0. The van der Waals surface area contributed by atoms with Gasteiger partial charge in [0.15, 0.2) is 0 Å². The Kier molecular flexibility index (Phi) is 2.73. The van der Waals surface area contributed by atoms with E-state index in [-0.39, 0.29) is 6.10 Å². The molecule has 1 unspecified atom stereocenters. The summed E-state index contributed by atoms with van der Waals surface area (Å²) in [6.07, 6.45) is 11.5. The Hall–Kier alpha value is -1.55. The van der Waals surface area contributed by atoms with Gasteiger partial charge in [-0.15, -0.1) is 0 Å². The van der Waals surface area contributed by atoms with Crippen molar-refractivity contribution in [3.8, 4) is 0 Å². The van der Waals surface area contributed by atoms with Gasteiger partial charge in [0.25, 0.3) is 0 Å². The standard InChI is InChI=1S/C13H16N2O2/c16-13-4-2-1-3-11-7-15(8-12(11)13)6-10-5-14-17-9-10/h5,7-9,13,16H,1-4,6H2. The minimum Gasteiger partial charge on any atom is -0.388 e. The lowest BCUT2D eigenvalue weighted by molar-refractivity contribution is 0.166. The molecule has 0 fully saturated rings. The van der Waals surface area contributed by atoms with Crippen LogP contribution in [0.25, 0.3) is 0 Å². The number of rotatable bonds is 2. The van der Waals surface area contributed by atoms with Crippen molar-refractivity contribution in [2.24, 2.45) is 0 Å². The third-order valence-electron chi connectivity index (χ3n) is 3.38. The van der Waals surface area contributed by atoms with Gasteiger partial charge in [0.1, 0.15) is 6.26 Å². The molecular weight excluding hydrogens is 216 g/mol. The molecule has 1 aliphatic rings. The topological polar surface area (TPSA) is 51.2 Å². The minimum atomic E-state index is -0.295. The van der Waals surface area contributed by atoms with E-state index in [2.05, 4.69) is 22.1 Å². The minimum absolute atomic E-state index is 0.295. The SMILES string of the molecule is OC1CCCCc2cn(Cc3cnoc3)cc21. The van der Waals surface area contributed by atoms with Gasteiger partial charge in [-0.2, -0.15) is 0 Å². The van der Waals surface area contributed by atoms with E-state index in [4.69, 9.17) is 4.52 Å². The predicted molar refractivity (Wildman–Crippen MR) is 62.6 cm³/mol. The first kappa shape index (κ1) is 10.6. The first-order valence-electron chi connectivity index (χ1n) is 6.08. The Morgan fingerprint density at radius 2 is 2.35 bits per heavy atom. The van der Waals surface area contributed by atoms with Gasteiger partial charge in [0.2, 0.25) is 0 Å². The van der Waals surface area contributed by atoms with Crippen LogP contribution in [0.5, 0.6) is 0 Å². The van der Waals surface area contributed by atoms with Gasteiger partial charge in [0.05, 0.1) is 18.8 Å². The fraction of sp³-hybridized carbons (Fsp3) is 0.462.